The number of amides is 1. The van der Waals surface area contributed by atoms with Gasteiger partial charge in [0, 0.05) is 0 Å². The predicted octanol–water partition coefficient (Wildman–Crippen LogP) is 1.59. The third kappa shape index (κ3) is 6.31. The monoisotopic (exact) mass is 303 g/mol. The van der Waals surface area contributed by atoms with Gasteiger partial charge < -0.3 is 24.3 Å². The molecule has 0 aromatic carbocycles. The van der Waals surface area contributed by atoms with Crippen LogP contribution < -0.4 is 5.32 Å². The Morgan fingerprint density at radius 2 is 2.00 bits per heavy atom. The van der Waals surface area contributed by atoms with Crippen LogP contribution in [0.1, 0.15) is 41.0 Å². The molecule has 0 saturated carbocycles. The molecule has 1 saturated heterocycles. The Morgan fingerprint density at radius 1 is 1.38 bits per heavy atom. The van der Waals surface area contributed by atoms with Gasteiger partial charge in [0.1, 0.15) is 11.7 Å². The molecule has 0 unspecified atom stereocenters. The molecule has 1 amide bonds. The Balaban J connectivity index is 2.69. The standard InChI is InChI=1S/C14H25NO6/c1-13(2,3)21-12(17)15-9(7-11(16)18-6)10-8-19-14(4,5)20-10/h9-10H,7-8H2,1-6H3,(H,15,17)/t9-,10+/m0/s1. The molecule has 7 nitrogen and oxygen atoms in total. The van der Waals surface area contributed by atoms with Crippen molar-refractivity contribution in [1.82, 2.24) is 5.32 Å². The lowest BCUT2D eigenvalue weighted by molar-refractivity contribution is -0.149. The van der Waals surface area contributed by atoms with E-state index in [1.165, 1.54) is 7.11 Å². The summed E-state index contributed by atoms with van der Waals surface area (Å²) in [5.74, 6) is -1.18. The third-order valence-electron chi connectivity index (χ3n) is 2.80. The zero-order valence-corrected chi connectivity index (χ0v) is 13.5. The molecule has 21 heavy (non-hydrogen) atoms. The number of methoxy groups -OCH3 is 1. The van der Waals surface area contributed by atoms with Crippen LogP contribution in [0.4, 0.5) is 4.79 Å². The summed E-state index contributed by atoms with van der Waals surface area (Å²) in [6.07, 6.45) is -1.06. The highest BCUT2D eigenvalue weighted by molar-refractivity contribution is 5.73. The summed E-state index contributed by atoms with van der Waals surface area (Å²) in [5.41, 5.74) is -0.619. The van der Waals surface area contributed by atoms with Crippen molar-refractivity contribution in [3.8, 4) is 0 Å². The van der Waals surface area contributed by atoms with Crippen molar-refractivity contribution in [2.24, 2.45) is 0 Å². The maximum atomic E-state index is 11.9. The van der Waals surface area contributed by atoms with Crippen molar-refractivity contribution in [2.75, 3.05) is 13.7 Å². The minimum Gasteiger partial charge on any atom is -0.469 e. The maximum Gasteiger partial charge on any atom is 0.407 e. The molecule has 2 atom stereocenters. The molecule has 0 radical (unpaired) electrons. The molecule has 1 rings (SSSR count). The van der Waals surface area contributed by atoms with Crippen LogP contribution in [0.25, 0.3) is 0 Å². The van der Waals surface area contributed by atoms with Crippen LogP contribution in [-0.2, 0) is 23.7 Å². The van der Waals surface area contributed by atoms with Gasteiger partial charge in [-0.1, -0.05) is 0 Å². The average Bonchev–Trinajstić information content (AvgIpc) is 2.66. The number of rotatable bonds is 4. The molecule has 1 heterocycles. The molecule has 0 spiro atoms. The molecule has 1 fully saturated rings. The molecule has 0 aromatic heterocycles. The summed E-state index contributed by atoms with van der Waals surface area (Å²) < 4.78 is 21.0. The highest BCUT2D eigenvalue weighted by Gasteiger charge is 2.39. The van der Waals surface area contributed by atoms with Crippen LogP contribution >= 0.6 is 0 Å². The van der Waals surface area contributed by atoms with E-state index in [-0.39, 0.29) is 13.0 Å². The normalized spacial score (nSPS) is 22.5. The predicted molar refractivity (Wildman–Crippen MR) is 74.7 cm³/mol. The van der Waals surface area contributed by atoms with Crippen LogP contribution in [0.15, 0.2) is 0 Å². The second-order valence-corrected chi connectivity index (χ2v) is 6.40. The van der Waals surface area contributed by atoms with E-state index in [9.17, 15) is 9.59 Å². The number of ether oxygens (including phenoxy) is 4. The Kier molecular flexibility index (Phi) is 5.58. The van der Waals surface area contributed by atoms with Crippen LogP contribution in [-0.4, -0.2) is 49.3 Å². The molecule has 1 N–H and O–H groups in total. The summed E-state index contributed by atoms with van der Waals surface area (Å²) in [6, 6.07) is -0.575. The highest BCUT2D eigenvalue weighted by atomic mass is 16.7. The number of carbonyl (C=O) groups excluding carboxylic acids is 2. The molecule has 0 bridgehead atoms. The van der Waals surface area contributed by atoms with Crippen LogP contribution in [0.3, 0.4) is 0 Å². The number of hydrogen-bond acceptors (Lipinski definition) is 6. The van der Waals surface area contributed by atoms with E-state index in [1.807, 2.05) is 0 Å². The zero-order valence-electron chi connectivity index (χ0n) is 13.5. The molecular formula is C14H25NO6. The van der Waals surface area contributed by atoms with Gasteiger partial charge in [-0.05, 0) is 34.6 Å². The van der Waals surface area contributed by atoms with E-state index in [0.717, 1.165) is 0 Å². The minimum absolute atomic E-state index is 0.0140. The van der Waals surface area contributed by atoms with Crippen LogP contribution in [0.2, 0.25) is 0 Å². The topological polar surface area (TPSA) is 83.1 Å². The lowest BCUT2D eigenvalue weighted by Crippen LogP contribution is -2.48. The van der Waals surface area contributed by atoms with Crippen molar-refractivity contribution in [1.29, 1.82) is 0 Å². The highest BCUT2D eigenvalue weighted by Crippen LogP contribution is 2.25. The van der Waals surface area contributed by atoms with E-state index in [2.05, 4.69) is 10.1 Å². The van der Waals surface area contributed by atoms with Gasteiger partial charge in [0.05, 0.1) is 26.2 Å². The van der Waals surface area contributed by atoms with Crippen LogP contribution in [0.5, 0.6) is 0 Å². The van der Waals surface area contributed by atoms with Crippen molar-refractivity contribution in [2.45, 2.75) is 64.6 Å². The van der Waals surface area contributed by atoms with Crippen molar-refractivity contribution >= 4 is 12.1 Å². The fourth-order valence-corrected chi connectivity index (χ4v) is 1.91. The van der Waals surface area contributed by atoms with Crippen molar-refractivity contribution in [3.63, 3.8) is 0 Å². The summed E-state index contributed by atoms with van der Waals surface area (Å²) in [7, 11) is 1.29. The van der Waals surface area contributed by atoms with Gasteiger partial charge >= 0.3 is 12.1 Å². The molecule has 0 aliphatic carbocycles. The Bertz CT molecular complexity index is 387. The van der Waals surface area contributed by atoms with Crippen molar-refractivity contribution < 1.29 is 28.5 Å². The van der Waals surface area contributed by atoms with Gasteiger partial charge in [0.25, 0.3) is 0 Å². The van der Waals surface area contributed by atoms with E-state index in [4.69, 9.17) is 14.2 Å². The molecule has 122 valence electrons. The number of carbonyl (C=O) groups is 2. The first-order valence-corrected chi connectivity index (χ1v) is 6.90. The quantitative estimate of drug-likeness (QED) is 0.794. The second-order valence-electron chi connectivity index (χ2n) is 6.40. The maximum absolute atomic E-state index is 11.9. The minimum atomic E-state index is -0.741. The van der Waals surface area contributed by atoms with Gasteiger partial charge in [-0.3, -0.25) is 4.79 Å². The summed E-state index contributed by atoms with van der Waals surface area (Å²) >= 11 is 0. The largest absolute Gasteiger partial charge is 0.469 e. The first-order chi connectivity index (χ1) is 9.52. The molecule has 1 aliphatic rings. The summed E-state index contributed by atoms with van der Waals surface area (Å²) in [6.45, 7) is 9.12. The lowest BCUT2D eigenvalue weighted by Gasteiger charge is -2.26. The second kappa shape index (κ2) is 6.62. The SMILES string of the molecule is COC(=O)C[C@H](NC(=O)OC(C)(C)C)[C@H]1COC(C)(C)O1. The van der Waals surface area contributed by atoms with Crippen LogP contribution in [0, 0.1) is 0 Å². The average molecular weight is 303 g/mol. The Morgan fingerprint density at radius 3 is 2.43 bits per heavy atom. The van der Waals surface area contributed by atoms with Gasteiger partial charge in [-0.2, -0.15) is 0 Å². The first-order valence-electron chi connectivity index (χ1n) is 6.90. The number of esters is 1. The van der Waals surface area contributed by atoms with E-state index in [1.54, 1.807) is 34.6 Å². The number of nitrogens with one attached hydrogen (secondary N) is 1. The van der Waals surface area contributed by atoms with Gasteiger partial charge in [0.2, 0.25) is 0 Å². The van der Waals surface area contributed by atoms with Gasteiger partial charge in [-0.25, -0.2) is 4.79 Å². The lowest BCUT2D eigenvalue weighted by atomic mass is 10.1. The Hall–Kier alpha value is -1.34. The van der Waals surface area contributed by atoms with Gasteiger partial charge in [-0.15, -0.1) is 0 Å². The van der Waals surface area contributed by atoms with E-state index in [0.29, 0.717) is 0 Å². The fourth-order valence-electron chi connectivity index (χ4n) is 1.91. The number of alkyl carbamates (subject to hydrolysis) is 1. The molecular weight excluding hydrogens is 278 g/mol. The molecule has 0 aromatic rings. The number of hydrogen-bond donors (Lipinski definition) is 1. The van der Waals surface area contributed by atoms with E-state index < -0.39 is 35.6 Å². The summed E-state index contributed by atoms with van der Waals surface area (Å²) in [5, 5.41) is 2.65. The van der Waals surface area contributed by atoms with E-state index >= 15 is 0 Å². The molecule has 1 aliphatic heterocycles. The first kappa shape index (κ1) is 17.7. The fraction of sp³-hybridized carbons (Fsp3) is 0.857. The van der Waals surface area contributed by atoms with Crippen molar-refractivity contribution in [3.05, 3.63) is 0 Å². The zero-order chi connectivity index (χ0) is 16.3. The van der Waals surface area contributed by atoms with Gasteiger partial charge in [0.15, 0.2) is 5.79 Å². The smallest absolute Gasteiger partial charge is 0.407 e. The summed E-state index contributed by atoms with van der Waals surface area (Å²) in [4.78, 5) is 23.4. The third-order valence-corrected chi connectivity index (χ3v) is 2.80. The molecule has 7 heteroatoms. The Labute approximate surface area is 125 Å².